The lowest BCUT2D eigenvalue weighted by Gasteiger charge is -2.33. The third kappa shape index (κ3) is 8.32. The van der Waals surface area contributed by atoms with E-state index in [1.807, 2.05) is 47.0 Å². The molecule has 1 amide bonds. The van der Waals surface area contributed by atoms with Gasteiger partial charge in [0.15, 0.2) is 0 Å². The summed E-state index contributed by atoms with van der Waals surface area (Å²) in [6.45, 7) is 13.5. The van der Waals surface area contributed by atoms with Crippen LogP contribution in [0.1, 0.15) is 52.9 Å². The maximum Gasteiger partial charge on any atom is 0.352 e. The van der Waals surface area contributed by atoms with Crippen LogP contribution < -0.4 is 19.3 Å². The number of benzene rings is 2. The maximum absolute atomic E-state index is 13.7. The van der Waals surface area contributed by atoms with Crippen molar-refractivity contribution in [3.63, 3.8) is 0 Å². The highest BCUT2D eigenvalue weighted by atomic mass is 16.5. The third-order valence-electron chi connectivity index (χ3n) is 13.1. The predicted molar refractivity (Wildman–Crippen MR) is 252 cm³/mol. The first-order chi connectivity index (χ1) is 31.5. The van der Waals surface area contributed by atoms with Gasteiger partial charge in [0.2, 0.25) is 0 Å². The number of pyridine rings is 2. The molecule has 10 rings (SSSR count). The smallest absolute Gasteiger partial charge is 0.352 e. The van der Waals surface area contributed by atoms with Crippen LogP contribution in [0.4, 0.5) is 11.4 Å². The van der Waals surface area contributed by atoms with E-state index in [1.165, 1.54) is 5.56 Å². The molecular weight excluding hydrogens is 823 g/mol. The van der Waals surface area contributed by atoms with Crippen LogP contribution in [-0.2, 0) is 35.4 Å². The number of carbonyl (C=O) groups excluding carboxylic acids is 1. The average Bonchev–Trinajstić information content (AvgIpc) is 3.94. The largest absolute Gasteiger partial charge is 0.495 e. The number of carboxylic acids is 1. The highest BCUT2D eigenvalue weighted by Gasteiger charge is 2.33. The van der Waals surface area contributed by atoms with Crippen LogP contribution in [0.5, 0.6) is 11.5 Å². The molecule has 1 N–H and O–H groups in total. The van der Waals surface area contributed by atoms with Crippen LogP contribution in [0.3, 0.4) is 0 Å². The van der Waals surface area contributed by atoms with Crippen molar-refractivity contribution in [1.82, 2.24) is 24.0 Å². The molecule has 14 heteroatoms. The number of carboxylic acid groups (broad SMARTS) is 1. The van der Waals surface area contributed by atoms with Crippen molar-refractivity contribution in [2.75, 3.05) is 83.7 Å². The first kappa shape index (κ1) is 43.6. The molecule has 2 fully saturated rings. The molecule has 4 aromatic heterocycles. The molecule has 0 aliphatic carbocycles. The summed E-state index contributed by atoms with van der Waals surface area (Å²) in [5.74, 6) is 0.838. The van der Waals surface area contributed by atoms with Gasteiger partial charge in [0.05, 0.1) is 63.4 Å². The van der Waals surface area contributed by atoms with Gasteiger partial charge in [0.25, 0.3) is 5.91 Å². The Balaban J connectivity index is 0.000000166. The second-order valence-electron chi connectivity index (χ2n) is 17.8. The van der Waals surface area contributed by atoms with Gasteiger partial charge in [-0.05, 0) is 93.3 Å². The first-order valence-electron chi connectivity index (χ1n) is 22.3. The first-order valence-corrected chi connectivity index (χ1v) is 22.3. The van der Waals surface area contributed by atoms with Gasteiger partial charge >= 0.3 is 5.97 Å². The summed E-state index contributed by atoms with van der Waals surface area (Å²) < 4.78 is 26.8. The molecule has 0 bridgehead atoms. The fraction of sp³-hybridized carbons (Fsp3) is 0.373. The Bertz CT molecular complexity index is 2710. The van der Waals surface area contributed by atoms with E-state index in [-0.39, 0.29) is 11.4 Å². The van der Waals surface area contributed by atoms with Gasteiger partial charge < -0.3 is 47.9 Å². The van der Waals surface area contributed by atoms with E-state index in [4.69, 9.17) is 18.9 Å². The van der Waals surface area contributed by atoms with E-state index < -0.39 is 5.97 Å². The standard InChI is InChI=1S/C28H34N4O3.C23H23N3O4/c1-28(2,3)30(4)27(33)24-17-22(20-7-6-9-29-18-20)26-21-16-23(31-11-13-35-14-12-31)25(34-5)15-19(21)8-10-32(24)26;1-29-21-11-15-4-6-26-20(23(27)28)13-18(16-3-2-5-24-14-16)22(26)17(15)12-19(21)25-7-9-30-10-8-25/h6-7,9,15-18H,8,10-14H2,1-5H3;2-3,5,11-14H,4,6-10H2,1H3,(H,27,28). The van der Waals surface area contributed by atoms with Crippen molar-refractivity contribution in [2.24, 2.45) is 0 Å². The van der Waals surface area contributed by atoms with Gasteiger partial charge in [0.1, 0.15) is 22.9 Å². The molecule has 65 heavy (non-hydrogen) atoms. The molecule has 6 aromatic rings. The number of morpholine rings is 2. The fourth-order valence-corrected chi connectivity index (χ4v) is 9.43. The number of ether oxygens (including phenoxy) is 4. The average molecular weight is 880 g/mol. The molecule has 8 heterocycles. The van der Waals surface area contributed by atoms with Crippen LogP contribution in [-0.4, -0.2) is 120 Å². The summed E-state index contributed by atoms with van der Waals surface area (Å²) in [5, 5.41) is 9.81. The van der Waals surface area contributed by atoms with Gasteiger partial charge in [-0.3, -0.25) is 14.8 Å². The van der Waals surface area contributed by atoms with Gasteiger partial charge in [-0.15, -0.1) is 0 Å². The van der Waals surface area contributed by atoms with Gasteiger partial charge in [-0.2, -0.15) is 0 Å². The molecular formula is C51H57N7O7. The number of hydrogen-bond acceptors (Lipinski definition) is 10. The Hall–Kier alpha value is -6.64. The SMILES string of the molecule is COc1cc2c(cc1N1CCOCC1)-c1c(-c3cccnc3)cc(C(=O)N(C)C(C)(C)C)n1CC2.COc1cc2c(cc1N1CCOCC1)-c1c(-c3cccnc3)cc(C(=O)O)n1CC2. The van der Waals surface area contributed by atoms with Crippen molar-refractivity contribution in [2.45, 2.75) is 52.2 Å². The van der Waals surface area contributed by atoms with E-state index in [0.29, 0.717) is 44.4 Å². The Labute approximate surface area is 379 Å². The molecule has 4 aliphatic rings. The monoisotopic (exact) mass is 879 g/mol. The number of amides is 1. The number of hydrogen-bond donors (Lipinski definition) is 1. The molecule has 2 aromatic carbocycles. The normalized spacial score (nSPS) is 15.4. The quantitative estimate of drug-likeness (QED) is 0.160. The molecule has 0 spiro atoms. The number of aryl methyl sites for hydroxylation is 2. The number of anilines is 2. The third-order valence-corrected chi connectivity index (χ3v) is 13.1. The zero-order chi connectivity index (χ0) is 45.4. The summed E-state index contributed by atoms with van der Waals surface area (Å²) in [6, 6.07) is 20.3. The Morgan fingerprint density at radius 1 is 0.646 bits per heavy atom. The summed E-state index contributed by atoms with van der Waals surface area (Å²) in [5.41, 5.74) is 13.3. The molecule has 2 saturated heterocycles. The zero-order valence-corrected chi connectivity index (χ0v) is 38.1. The maximum atomic E-state index is 13.7. The Kier molecular flexibility index (Phi) is 12.1. The van der Waals surface area contributed by atoms with Crippen molar-refractivity contribution < 1.29 is 33.6 Å². The number of nitrogens with zero attached hydrogens (tertiary/aromatic N) is 7. The number of aromatic nitrogens is 4. The summed E-state index contributed by atoms with van der Waals surface area (Å²) in [4.78, 5) is 40.7. The zero-order valence-electron chi connectivity index (χ0n) is 38.1. The summed E-state index contributed by atoms with van der Waals surface area (Å²) in [6.07, 6.45) is 8.74. The summed E-state index contributed by atoms with van der Waals surface area (Å²) >= 11 is 0. The second-order valence-corrected chi connectivity index (χ2v) is 17.8. The van der Waals surface area contributed by atoms with E-state index in [1.54, 1.807) is 38.9 Å². The molecule has 14 nitrogen and oxygen atoms in total. The highest BCUT2D eigenvalue weighted by Crippen LogP contribution is 2.46. The van der Waals surface area contributed by atoms with Crippen LogP contribution in [0, 0.1) is 0 Å². The van der Waals surface area contributed by atoms with E-state index >= 15 is 0 Å². The second kappa shape index (κ2) is 18.1. The van der Waals surface area contributed by atoms with Gasteiger partial charge in [0, 0.05) is 110 Å². The van der Waals surface area contributed by atoms with Crippen molar-refractivity contribution >= 4 is 23.3 Å². The summed E-state index contributed by atoms with van der Waals surface area (Å²) in [7, 11) is 5.31. The minimum atomic E-state index is -0.920. The lowest BCUT2D eigenvalue weighted by molar-refractivity contribution is 0.0642. The van der Waals surface area contributed by atoms with Crippen molar-refractivity contribution in [1.29, 1.82) is 0 Å². The molecule has 0 saturated carbocycles. The van der Waals surface area contributed by atoms with Crippen molar-refractivity contribution in [3.05, 3.63) is 108 Å². The Morgan fingerprint density at radius 2 is 1.09 bits per heavy atom. The van der Waals surface area contributed by atoms with E-state index in [0.717, 1.165) is 119 Å². The molecule has 0 unspecified atom stereocenters. The van der Waals surface area contributed by atoms with Gasteiger partial charge in [-0.25, -0.2) is 4.79 Å². The highest BCUT2D eigenvalue weighted by molar-refractivity contribution is 5.99. The van der Waals surface area contributed by atoms with Crippen molar-refractivity contribution in [3.8, 4) is 56.3 Å². The molecule has 0 atom stereocenters. The molecule has 338 valence electrons. The minimum absolute atomic E-state index is 0.0271. The van der Waals surface area contributed by atoms with Gasteiger partial charge in [-0.1, -0.05) is 12.1 Å². The van der Waals surface area contributed by atoms with Crippen LogP contribution in [0.2, 0.25) is 0 Å². The van der Waals surface area contributed by atoms with Crippen LogP contribution in [0.15, 0.2) is 85.5 Å². The number of fused-ring (bicyclic) bond motifs is 6. The lowest BCUT2D eigenvalue weighted by atomic mass is 9.93. The number of methoxy groups -OCH3 is 2. The van der Waals surface area contributed by atoms with Crippen LogP contribution >= 0.6 is 0 Å². The van der Waals surface area contributed by atoms with E-state index in [9.17, 15) is 14.7 Å². The minimum Gasteiger partial charge on any atom is -0.495 e. The molecule has 0 radical (unpaired) electrons. The fourth-order valence-electron chi connectivity index (χ4n) is 9.43. The number of carbonyl (C=O) groups is 2. The Morgan fingerprint density at radius 3 is 1.49 bits per heavy atom. The lowest BCUT2D eigenvalue weighted by Crippen LogP contribution is -2.43. The predicted octanol–water partition coefficient (Wildman–Crippen LogP) is 7.81. The van der Waals surface area contributed by atoms with E-state index in [2.05, 4.69) is 75.4 Å². The number of aromatic carboxylic acids is 1. The topological polar surface area (TPSA) is 137 Å². The number of rotatable bonds is 8. The molecule has 4 aliphatic heterocycles. The van der Waals surface area contributed by atoms with Crippen LogP contribution in [0.25, 0.3) is 44.8 Å².